The minimum atomic E-state index is -0.975. The van der Waals surface area contributed by atoms with Gasteiger partial charge in [0.15, 0.2) is 0 Å². The van der Waals surface area contributed by atoms with Gasteiger partial charge in [-0.15, -0.1) is 0 Å². The molecule has 0 spiro atoms. The zero-order valence-electron chi connectivity index (χ0n) is 10.5. The summed E-state index contributed by atoms with van der Waals surface area (Å²) in [4.78, 5) is 0. The van der Waals surface area contributed by atoms with Crippen molar-refractivity contribution in [3.05, 3.63) is 59.4 Å². The molecule has 0 heterocycles. The van der Waals surface area contributed by atoms with Crippen LogP contribution in [-0.2, 0) is 6.61 Å². The number of benzene rings is 2. The fraction of sp³-hybridized carbons (Fsp3) is 0.200. The van der Waals surface area contributed by atoms with Gasteiger partial charge in [-0.05, 0) is 25.1 Å². The maximum absolute atomic E-state index is 13.7. The molecule has 1 unspecified atom stereocenters. The van der Waals surface area contributed by atoms with Crippen molar-refractivity contribution in [2.24, 2.45) is 0 Å². The van der Waals surface area contributed by atoms with Gasteiger partial charge >= 0.3 is 0 Å². The van der Waals surface area contributed by atoms with E-state index in [4.69, 9.17) is 4.74 Å². The van der Waals surface area contributed by atoms with Crippen LogP contribution < -0.4 is 4.74 Å². The first kappa shape index (κ1) is 13.5. The summed E-state index contributed by atoms with van der Waals surface area (Å²) in [5.74, 6) is 0.169. The molecule has 0 aliphatic carbocycles. The summed E-state index contributed by atoms with van der Waals surface area (Å²) >= 11 is 0. The number of hydrogen-bond donors (Lipinski definition) is 2. The lowest BCUT2D eigenvalue weighted by Gasteiger charge is -2.15. The number of para-hydroxylation sites is 1. The average molecular weight is 262 g/mol. The van der Waals surface area contributed by atoms with Crippen LogP contribution in [0, 0.1) is 5.82 Å². The van der Waals surface area contributed by atoms with Crippen LogP contribution in [0.25, 0.3) is 0 Å². The Morgan fingerprint density at radius 1 is 1.11 bits per heavy atom. The van der Waals surface area contributed by atoms with Crippen LogP contribution >= 0.6 is 0 Å². The molecule has 0 bridgehead atoms. The third kappa shape index (κ3) is 2.92. The zero-order chi connectivity index (χ0) is 13.8. The molecular weight excluding hydrogens is 247 g/mol. The van der Waals surface area contributed by atoms with Crippen molar-refractivity contribution in [1.82, 2.24) is 0 Å². The SMILES string of the molecule is CC(O)c1c(F)cccc1Oc1ccccc1CO. The van der Waals surface area contributed by atoms with Gasteiger partial charge in [-0.3, -0.25) is 0 Å². The van der Waals surface area contributed by atoms with Gasteiger partial charge < -0.3 is 14.9 Å². The summed E-state index contributed by atoms with van der Waals surface area (Å²) in [7, 11) is 0. The van der Waals surface area contributed by atoms with E-state index in [0.29, 0.717) is 11.3 Å². The Hall–Kier alpha value is -1.91. The molecule has 2 aromatic rings. The summed E-state index contributed by atoms with van der Waals surface area (Å²) in [5.41, 5.74) is 0.707. The minimum Gasteiger partial charge on any atom is -0.456 e. The standard InChI is InChI=1S/C15H15FO3/c1-10(18)15-12(16)6-4-8-14(15)19-13-7-3-2-5-11(13)9-17/h2-8,10,17-18H,9H2,1H3. The molecular formula is C15H15FO3. The smallest absolute Gasteiger partial charge is 0.136 e. The molecule has 0 aromatic heterocycles. The van der Waals surface area contributed by atoms with Gasteiger partial charge in [0.2, 0.25) is 0 Å². The minimum absolute atomic E-state index is 0.107. The molecule has 0 saturated heterocycles. The van der Waals surface area contributed by atoms with Crippen molar-refractivity contribution in [2.75, 3.05) is 0 Å². The lowest BCUT2D eigenvalue weighted by atomic mass is 10.1. The quantitative estimate of drug-likeness (QED) is 0.889. The fourth-order valence-corrected chi connectivity index (χ4v) is 1.86. The van der Waals surface area contributed by atoms with Crippen LogP contribution in [0.3, 0.4) is 0 Å². The Morgan fingerprint density at radius 2 is 1.79 bits per heavy atom. The first-order valence-electron chi connectivity index (χ1n) is 5.96. The van der Waals surface area contributed by atoms with Crippen LogP contribution in [0.2, 0.25) is 0 Å². The van der Waals surface area contributed by atoms with Crippen molar-refractivity contribution in [3.8, 4) is 11.5 Å². The molecule has 2 aromatic carbocycles. The van der Waals surface area contributed by atoms with E-state index in [0.717, 1.165) is 0 Å². The van der Waals surface area contributed by atoms with Crippen LogP contribution in [-0.4, -0.2) is 10.2 Å². The van der Waals surface area contributed by atoms with E-state index < -0.39 is 11.9 Å². The summed E-state index contributed by atoms with van der Waals surface area (Å²) in [6, 6.07) is 11.3. The molecule has 19 heavy (non-hydrogen) atoms. The second kappa shape index (κ2) is 5.82. The highest BCUT2D eigenvalue weighted by Crippen LogP contribution is 2.33. The highest BCUT2D eigenvalue weighted by Gasteiger charge is 2.16. The van der Waals surface area contributed by atoms with Gasteiger partial charge in [-0.25, -0.2) is 4.39 Å². The molecule has 0 amide bonds. The van der Waals surface area contributed by atoms with Gasteiger partial charge in [0.1, 0.15) is 17.3 Å². The molecule has 0 saturated carbocycles. The maximum atomic E-state index is 13.7. The van der Waals surface area contributed by atoms with Crippen LogP contribution in [0.15, 0.2) is 42.5 Å². The number of ether oxygens (including phenoxy) is 1. The van der Waals surface area contributed by atoms with E-state index >= 15 is 0 Å². The van der Waals surface area contributed by atoms with Gasteiger partial charge in [-0.1, -0.05) is 24.3 Å². The average Bonchev–Trinajstić information content (AvgIpc) is 2.39. The molecule has 3 nitrogen and oxygen atoms in total. The van der Waals surface area contributed by atoms with Crippen molar-refractivity contribution in [1.29, 1.82) is 0 Å². The third-order valence-corrected chi connectivity index (χ3v) is 2.79. The van der Waals surface area contributed by atoms with Crippen molar-refractivity contribution >= 4 is 0 Å². The Kier molecular flexibility index (Phi) is 4.14. The summed E-state index contributed by atoms with van der Waals surface area (Å²) in [5, 5.41) is 18.8. The van der Waals surface area contributed by atoms with E-state index in [9.17, 15) is 14.6 Å². The van der Waals surface area contributed by atoms with Crippen LogP contribution in [0.4, 0.5) is 4.39 Å². The van der Waals surface area contributed by atoms with Gasteiger partial charge in [0.05, 0.1) is 18.3 Å². The van der Waals surface area contributed by atoms with Crippen molar-refractivity contribution in [3.63, 3.8) is 0 Å². The molecule has 0 aliphatic heterocycles. The van der Waals surface area contributed by atoms with E-state index in [1.54, 1.807) is 30.3 Å². The van der Waals surface area contributed by atoms with E-state index in [1.165, 1.54) is 19.1 Å². The maximum Gasteiger partial charge on any atom is 0.136 e. The first-order chi connectivity index (χ1) is 9.13. The van der Waals surface area contributed by atoms with E-state index in [2.05, 4.69) is 0 Å². The highest BCUT2D eigenvalue weighted by molar-refractivity contribution is 5.42. The Bertz CT molecular complexity index is 567. The lowest BCUT2D eigenvalue weighted by Crippen LogP contribution is -2.01. The predicted octanol–water partition coefficient (Wildman–Crippen LogP) is 3.16. The van der Waals surface area contributed by atoms with Gasteiger partial charge in [0, 0.05) is 5.56 Å². The van der Waals surface area contributed by atoms with Crippen molar-refractivity contribution in [2.45, 2.75) is 19.6 Å². The second-order valence-corrected chi connectivity index (χ2v) is 4.20. The third-order valence-electron chi connectivity index (χ3n) is 2.79. The largest absolute Gasteiger partial charge is 0.456 e. The molecule has 0 aliphatic rings. The van der Waals surface area contributed by atoms with Gasteiger partial charge in [-0.2, -0.15) is 0 Å². The Morgan fingerprint density at radius 3 is 2.47 bits per heavy atom. The molecule has 1 atom stereocenters. The topological polar surface area (TPSA) is 49.7 Å². The molecule has 4 heteroatoms. The van der Waals surface area contributed by atoms with E-state index in [1.807, 2.05) is 0 Å². The highest BCUT2D eigenvalue weighted by atomic mass is 19.1. The zero-order valence-corrected chi connectivity index (χ0v) is 10.5. The van der Waals surface area contributed by atoms with Crippen LogP contribution in [0.1, 0.15) is 24.2 Å². The summed E-state index contributed by atoms with van der Waals surface area (Å²) in [6.45, 7) is 1.30. The van der Waals surface area contributed by atoms with Crippen molar-refractivity contribution < 1.29 is 19.3 Å². The number of aliphatic hydroxyl groups is 2. The number of hydrogen-bond acceptors (Lipinski definition) is 3. The molecule has 2 N–H and O–H groups in total. The van der Waals surface area contributed by atoms with Crippen LogP contribution in [0.5, 0.6) is 11.5 Å². The van der Waals surface area contributed by atoms with Gasteiger partial charge in [0.25, 0.3) is 0 Å². The molecule has 0 radical (unpaired) electrons. The second-order valence-electron chi connectivity index (χ2n) is 4.20. The summed E-state index contributed by atoms with van der Waals surface area (Å²) in [6.07, 6.45) is -0.975. The Balaban J connectivity index is 2.41. The molecule has 0 fully saturated rings. The number of halogens is 1. The fourth-order valence-electron chi connectivity index (χ4n) is 1.86. The summed E-state index contributed by atoms with van der Waals surface area (Å²) < 4.78 is 19.3. The lowest BCUT2D eigenvalue weighted by molar-refractivity contribution is 0.190. The monoisotopic (exact) mass is 262 g/mol. The van der Waals surface area contributed by atoms with E-state index in [-0.39, 0.29) is 17.9 Å². The normalized spacial score (nSPS) is 12.2. The predicted molar refractivity (Wildman–Crippen MR) is 69.5 cm³/mol. The number of aliphatic hydroxyl groups excluding tert-OH is 2. The number of rotatable bonds is 4. The first-order valence-corrected chi connectivity index (χ1v) is 5.96. The molecule has 2 rings (SSSR count). The molecule has 100 valence electrons. The Labute approximate surface area is 110 Å².